The fourth-order valence-electron chi connectivity index (χ4n) is 1.53. The van der Waals surface area contributed by atoms with Gasteiger partial charge >= 0.3 is 0 Å². The van der Waals surface area contributed by atoms with Crippen molar-refractivity contribution in [2.45, 2.75) is 26.7 Å². The molecule has 0 spiro atoms. The van der Waals surface area contributed by atoms with Crippen LogP contribution in [0.3, 0.4) is 0 Å². The molecule has 12 heavy (non-hydrogen) atoms. The second-order valence-electron chi connectivity index (χ2n) is 4.01. The van der Waals surface area contributed by atoms with Gasteiger partial charge in [0.15, 0.2) is 17.5 Å². The van der Waals surface area contributed by atoms with Crippen molar-refractivity contribution >= 4 is 11.6 Å². The molecule has 0 aromatic rings. The number of nitrogens with zero attached hydrogens (tertiary/aromatic N) is 1. The van der Waals surface area contributed by atoms with E-state index in [-0.39, 0.29) is 17.0 Å². The number of Topliss-reactive ketones (excluding diaryl/α,β-unsaturated/α-hetero) is 2. The lowest BCUT2D eigenvalue weighted by molar-refractivity contribution is -0.136. The Kier molecular flexibility index (Phi) is 2.01. The zero-order chi connectivity index (χ0) is 9.35. The predicted molar refractivity (Wildman–Crippen MR) is 42.1 cm³/mol. The summed E-state index contributed by atoms with van der Waals surface area (Å²) in [5.41, 5.74) is -0.248. The van der Waals surface area contributed by atoms with Crippen LogP contribution in [0.15, 0.2) is 0 Å². The predicted octanol–water partition coefficient (Wildman–Crippen LogP) is 1.08. The van der Waals surface area contributed by atoms with E-state index in [1.807, 2.05) is 13.8 Å². The molecule has 3 nitrogen and oxygen atoms in total. The first-order valence-corrected chi connectivity index (χ1v) is 3.91. The molecule has 1 aliphatic rings. The Bertz CT molecular complexity index is 253. The van der Waals surface area contributed by atoms with Crippen LogP contribution < -0.4 is 0 Å². The Morgan fingerprint density at radius 2 is 1.75 bits per heavy atom. The van der Waals surface area contributed by atoms with Crippen molar-refractivity contribution < 1.29 is 9.59 Å². The highest BCUT2D eigenvalue weighted by Crippen LogP contribution is 2.33. The minimum atomic E-state index is -0.988. The minimum Gasteiger partial charge on any atom is -0.298 e. The maximum Gasteiger partial charge on any atom is 0.163 e. The summed E-state index contributed by atoms with van der Waals surface area (Å²) in [6, 6.07) is 1.74. The molecule has 0 aromatic carbocycles. The summed E-state index contributed by atoms with van der Waals surface area (Å²) in [5.74, 6) is -1.43. The summed E-state index contributed by atoms with van der Waals surface area (Å²) in [5, 5.41) is 8.51. The highest BCUT2D eigenvalue weighted by Gasteiger charge is 2.39. The Labute approximate surface area is 71.4 Å². The average molecular weight is 165 g/mol. The van der Waals surface area contributed by atoms with E-state index in [0.29, 0.717) is 12.8 Å². The molecule has 0 aliphatic heterocycles. The Hall–Kier alpha value is -1.17. The van der Waals surface area contributed by atoms with Gasteiger partial charge in [-0.15, -0.1) is 0 Å². The Balaban J connectivity index is 2.86. The van der Waals surface area contributed by atoms with Crippen LogP contribution in [0, 0.1) is 22.7 Å². The van der Waals surface area contributed by atoms with Crippen LogP contribution >= 0.6 is 0 Å². The van der Waals surface area contributed by atoms with Crippen molar-refractivity contribution in [3.63, 3.8) is 0 Å². The molecule has 3 heteroatoms. The molecule has 64 valence electrons. The molecule has 0 unspecified atom stereocenters. The highest BCUT2D eigenvalue weighted by atomic mass is 16.2. The van der Waals surface area contributed by atoms with E-state index in [0.717, 1.165) is 0 Å². The van der Waals surface area contributed by atoms with Gasteiger partial charge in [-0.3, -0.25) is 9.59 Å². The molecule has 1 aliphatic carbocycles. The summed E-state index contributed by atoms with van der Waals surface area (Å²) >= 11 is 0. The molecule has 1 rings (SSSR count). The molecule has 0 N–H and O–H groups in total. The van der Waals surface area contributed by atoms with E-state index >= 15 is 0 Å². The summed E-state index contributed by atoms with van der Waals surface area (Å²) < 4.78 is 0. The highest BCUT2D eigenvalue weighted by molar-refractivity contribution is 6.07. The standard InChI is InChI=1S/C9H11NO2/c1-9(2)3-7(11)6(5-10)8(12)4-9/h6H,3-4H2,1-2H3. The van der Waals surface area contributed by atoms with Gasteiger partial charge in [-0.1, -0.05) is 13.8 Å². The number of carbonyl (C=O) groups is 2. The van der Waals surface area contributed by atoms with Crippen LogP contribution in [0.25, 0.3) is 0 Å². The lowest BCUT2D eigenvalue weighted by Gasteiger charge is -2.29. The lowest BCUT2D eigenvalue weighted by Crippen LogP contribution is -2.36. The van der Waals surface area contributed by atoms with Gasteiger partial charge < -0.3 is 0 Å². The zero-order valence-electron chi connectivity index (χ0n) is 7.26. The van der Waals surface area contributed by atoms with E-state index < -0.39 is 5.92 Å². The van der Waals surface area contributed by atoms with Gasteiger partial charge in [-0.05, 0) is 5.41 Å². The number of nitriles is 1. The van der Waals surface area contributed by atoms with Crippen molar-refractivity contribution in [2.75, 3.05) is 0 Å². The van der Waals surface area contributed by atoms with E-state index in [9.17, 15) is 9.59 Å². The van der Waals surface area contributed by atoms with Crippen LogP contribution in [0.1, 0.15) is 26.7 Å². The molecular weight excluding hydrogens is 154 g/mol. The van der Waals surface area contributed by atoms with Gasteiger partial charge in [0.05, 0.1) is 6.07 Å². The van der Waals surface area contributed by atoms with E-state index in [4.69, 9.17) is 5.26 Å². The van der Waals surface area contributed by atoms with E-state index in [1.165, 1.54) is 0 Å². The zero-order valence-corrected chi connectivity index (χ0v) is 7.26. The van der Waals surface area contributed by atoms with Gasteiger partial charge in [0.25, 0.3) is 0 Å². The second-order valence-corrected chi connectivity index (χ2v) is 4.01. The molecule has 0 amide bonds. The van der Waals surface area contributed by atoms with Gasteiger partial charge in [0.2, 0.25) is 0 Å². The lowest BCUT2D eigenvalue weighted by atomic mass is 9.72. The molecule has 0 atom stereocenters. The normalized spacial score (nSPS) is 23.8. The van der Waals surface area contributed by atoms with Crippen molar-refractivity contribution in [1.29, 1.82) is 5.26 Å². The largest absolute Gasteiger partial charge is 0.298 e. The van der Waals surface area contributed by atoms with Crippen LogP contribution in [-0.2, 0) is 9.59 Å². The molecule has 1 saturated carbocycles. The second kappa shape index (κ2) is 2.71. The van der Waals surface area contributed by atoms with Crippen molar-refractivity contribution in [1.82, 2.24) is 0 Å². The topological polar surface area (TPSA) is 57.9 Å². The van der Waals surface area contributed by atoms with E-state index in [2.05, 4.69) is 0 Å². The molecule has 0 radical (unpaired) electrons. The summed E-state index contributed by atoms with van der Waals surface area (Å²) in [6.07, 6.45) is 0.688. The first kappa shape index (κ1) is 8.92. The summed E-state index contributed by atoms with van der Waals surface area (Å²) in [6.45, 7) is 3.74. The SMILES string of the molecule is CC1(C)CC(=O)C(C#N)C(=O)C1. The summed E-state index contributed by atoms with van der Waals surface area (Å²) in [4.78, 5) is 22.4. The van der Waals surface area contributed by atoms with Gasteiger partial charge in [0.1, 0.15) is 0 Å². The van der Waals surface area contributed by atoms with Crippen molar-refractivity contribution in [3.8, 4) is 6.07 Å². The molecule has 0 bridgehead atoms. The maximum absolute atomic E-state index is 11.2. The number of hydrogen-bond donors (Lipinski definition) is 0. The number of rotatable bonds is 0. The van der Waals surface area contributed by atoms with Gasteiger partial charge in [-0.25, -0.2) is 0 Å². The van der Waals surface area contributed by atoms with Gasteiger partial charge in [-0.2, -0.15) is 5.26 Å². The molecule has 1 fully saturated rings. The first-order valence-electron chi connectivity index (χ1n) is 3.91. The maximum atomic E-state index is 11.2. The molecule has 0 saturated heterocycles. The van der Waals surface area contributed by atoms with Crippen LogP contribution in [0.2, 0.25) is 0 Å². The fourth-order valence-corrected chi connectivity index (χ4v) is 1.53. The smallest absolute Gasteiger partial charge is 0.163 e. The van der Waals surface area contributed by atoms with Crippen molar-refractivity contribution in [2.24, 2.45) is 11.3 Å². The van der Waals surface area contributed by atoms with Crippen LogP contribution in [-0.4, -0.2) is 11.6 Å². The third-order valence-electron chi connectivity index (χ3n) is 2.08. The number of ketones is 2. The fraction of sp³-hybridized carbons (Fsp3) is 0.667. The minimum absolute atomic E-state index is 0.223. The number of hydrogen-bond acceptors (Lipinski definition) is 3. The van der Waals surface area contributed by atoms with E-state index in [1.54, 1.807) is 6.07 Å². The molecular formula is C9H11NO2. The van der Waals surface area contributed by atoms with Crippen molar-refractivity contribution in [3.05, 3.63) is 0 Å². The Morgan fingerprint density at radius 1 is 1.33 bits per heavy atom. The number of carbonyl (C=O) groups excluding carboxylic acids is 2. The third-order valence-corrected chi connectivity index (χ3v) is 2.08. The summed E-state index contributed by atoms with van der Waals surface area (Å²) in [7, 11) is 0. The van der Waals surface area contributed by atoms with Crippen LogP contribution in [0.4, 0.5) is 0 Å². The monoisotopic (exact) mass is 165 g/mol. The average Bonchev–Trinajstić information content (AvgIpc) is 1.82. The Morgan fingerprint density at radius 3 is 2.08 bits per heavy atom. The molecule has 0 aromatic heterocycles. The first-order chi connectivity index (χ1) is 5.46. The van der Waals surface area contributed by atoms with Crippen LogP contribution in [0.5, 0.6) is 0 Å². The molecule has 0 heterocycles. The quantitative estimate of drug-likeness (QED) is 0.505. The third kappa shape index (κ3) is 1.53. The van der Waals surface area contributed by atoms with Gasteiger partial charge in [0, 0.05) is 12.8 Å².